The number of carbonyl (C=O) groups excluding carboxylic acids is 3. The molecule has 1 aromatic heterocycles. The standard InChI is InChI=1S/C29H36O8/c1-15-18(17-8-10-35-13-17)11-19-23(15)29(5)20(12-22(33)34-6)28(4)21(32)7-9-27(3,14-30)25(28)24(26(29)37-19)36-16(2)31/h7-10,13,18-20,24-26,30H,11-12,14H2,1-6H3/t18-,19-,20-,24-,25+,26-,27+,28+,29-/m1/s1. The molecule has 0 spiro atoms. The second-order valence-electron chi connectivity index (χ2n) is 11.8. The molecule has 200 valence electrons. The number of allylic oxidation sites excluding steroid dienone is 2. The zero-order valence-electron chi connectivity index (χ0n) is 22.3. The summed E-state index contributed by atoms with van der Waals surface area (Å²) in [5, 5.41) is 10.6. The van der Waals surface area contributed by atoms with Crippen molar-refractivity contribution in [3.63, 3.8) is 0 Å². The Kier molecular flexibility index (Phi) is 6.07. The maximum absolute atomic E-state index is 13.9. The molecule has 8 heteroatoms. The van der Waals surface area contributed by atoms with Gasteiger partial charge in [0.05, 0.1) is 38.8 Å². The van der Waals surface area contributed by atoms with Crippen LogP contribution in [-0.2, 0) is 28.6 Å². The minimum absolute atomic E-state index is 0.00633. The van der Waals surface area contributed by atoms with Crippen molar-refractivity contribution in [3.05, 3.63) is 47.5 Å². The SMILES string of the molecule is COC(=O)C[C@H]1[C@]2(C)C3=C(C)[C@H](c4ccoc4)C[C@H]3O[C@@H]2[C@H](OC(C)=O)[C@@H]2[C@]1(C)C(=O)C=C[C@@]2(C)CO. The van der Waals surface area contributed by atoms with E-state index in [-0.39, 0.29) is 30.8 Å². The third-order valence-electron chi connectivity index (χ3n) is 9.97. The Hall–Kier alpha value is -2.71. The first-order valence-corrected chi connectivity index (χ1v) is 12.9. The first-order chi connectivity index (χ1) is 17.4. The highest BCUT2D eigenvalue weighted by Crippen LogP contribution is 2.70. The van der Waals surface area contributed by atoms with E-state index in [9.17, 15) is 19.5 Å². The molecular formula is C29H36O8. The van der Waals surface area contributed by atoms with E-state index in [2.05, 4.69) is 6.92 Å². The van der Waals surface area contributed by atoms with Gasteiger partial charge >= 0.3 is 11.9 Å². The van der Waals surface area contributed by atoms with Gasteiger partial charge in [-0.25, -0.2) is 0 Å². The second kappa shape index (κ2) is 8.67. The summed E-state index contributed by atoms with van der Waals surface area (Å²) >= 11 is 0. The molecule has 0 aromatic carbocycles. The molecule has 0 bridgehead atoms. The summed E-state index contributed by atoms with van der Waals surface area (Å²) in [5.74, 6) is -2.10. The minimum atomic E-state index is -1.13. The number of hydrogen-bond acceptors (Lipinski definition) is 8. The number of carbonyl (C=O) groups is 3. The number of esters is 2. The molecule has 5 rings (SSSR count). The lowest BCUT2D eigenvalue weighted by Gasteiger charge is -2.62. The van der Waals surface area contributed by atoms with Gasteiger partial charge in [-0.1, -0.05) is 32.4 Å². The van der Waals surface area contributed by atoms with Crippen LogP contribution in [0, 0.1) is 28.1 Å². The molecular weight excluding hydrogens is 476 g/mol. The molecule has 2 heterocycles. The largest absolute Gasteiger partial charge is 0.472 e. The molecule has 0 amide bonds. The maximum atomic E-state index is 13.9. The highest BCUT2D eigenvalue weighted by atomic mass is 16.6. The van der Waals surface area contributed by atoms with E-state index in [1.165, 1.54) is 20.1 Å². The number of aliphatic hydroxyl groups excluding tert-OH is 1. The van der Waals surface area contributed by atoms with Gasteiger partial charge < -0.3 is 23.7 Å². The van der Waals surface area contributed by atoms with Crippen LogP contribution in [0.3, 0.4) is 0 Å². The van der Waals surface area contributed by atoms with Gasteiger partial charge in [0.2, 0.25) is 0 Å². The molecule has 37 heavy (non-hydrogen) atoms. The van der Waals surface area contributed by atoms with Crippen molar-refractivity contribution in [1.29, 1.82) is 0 Å². The van der Waals surface area contributed by atoms with Gasteiger partial charge in [-0.3, -0.25) is 14.4 Å². The third-order valence-corrected chi connectivity index (χ3v) is 9.97. The molecule has 1 saturated carbocycles. The Bertz CT molecular complexity index is 1180. The van der Waals surface area contributed by atoms with E-state index < -0.39 is 52.2 Å². The van der Waals surface area contributed by atoms with Crippen LogP contribution in [0.15, 0.2) is 46.3 Å². The Morgan fingerprint density at radius 2 is 1.95 bits per heavy atom. The Morgan fingerprint density at radius 3 is 2.54 bits per heavy atom. The molecule has 1 N–H and O–H groups in total. The quantitative estimate of drug-likeness (QED) is 0.469. The van der Waals surface area contributed by atoms with Crippen molar-refractivity contribution in [2.75, 3.05) is 13.7 Å². The van der Waals surface area contributed by atoms with E-state index in [1.54, 1.807) is 18.6 Å². The monoisotopic (exact) mass is 512 g/mol. The number of aliphatic hydroxyl groups is 1. The van der Waals surface area contributed by atoms with Crippen molar-refractivity contribution in [2.24, 2.45) is 28.1 Å². The highest BCUT2D eigenvalue weighted by molar-refractivity contribution is 5.97. The fraction of sp³-hybridized carbons (Fsp3) is 0.621. The minimum Gasteiger partial charge on any atom is -0.472 e. The smallest absolute Gasteiger partial charge is 0.305 e. The normalized spacial score (nSPS) is 42.3. The molecule has 1 aliphatic heterocycles. The molecule has 9 atom stereocenters. The Morgan fingerprint density at radius 1 is 1.22 bits per heavy atom. The average Bonchev–Trinajstić information content (AvgIpc) is 3.56. The molecule has 1 saturated heterocycles. The van der Waals surface area contributed by atoms with Gasteiger partial charge in [0, 0.05) is 35.0 Å². The van der Waals surface area contributed by atoms with Crippen LogP contribution < -0.4 is 0 Å². The predicted octanol–water partition coefficient (Wildman–Crippen LogP) is 3.74. The number of ketones is 1. The lowest BCUT2D eigenvalue weighted by Crippen LogP contribution is -2.69. The topological polar surface area (TPSA) is 112 Å². The first-order valence-electron chi connectivity index (χ1n) is 12.9. The number of methoxy groups -OCH3 is 1. The number of furan rings is 1. The molecule has 3 aliphatic carbocycles. The van der Waals surface area contributed by atoms with Crippen molar-refractivity contribution < 1.29 is 38.1 Å². The van der Waals surface area contributed by atoms with Crippen molar-refractivity contribution in [2.45, 2.75) is 71.7 Å². The fourth-order valence-electron chi connectivity index (χ4n) is 8.42. The van der Waals surface area contributed by atoms with Crippen LogP contribution in [0.4, 0.5) is 0 Å². The van der Waals surface area contributed by atoms with Crippen LogP contribution in [0.25, 0.3) is 0 Å². The zero-order chi connectivity index (χ0) is 26.9. The molecule has 4 aliphatic rings. The van der Waals surface area contributed by atoms with Gasteiger partial charge in [0.15, 0.2) is 5.78 Å². The average molecular weight is 513 g/mol. The van der Waals surface area contributed by atoms with E-state index in [0.29, 0.717) is 6.42 Å². The van der Waals surface area contributed by atoms with Crippen molar-refractivity contribution in [1.82, 2.24) is 0 Å². The number of rotatable bonds is 5. The molecule has 0 radical (unpaired) electrons. The van der Waals surface area contributed by atoms with Crippen LogP contribution in [0.2, 0.25) is 0 Å². The van der Waals surface area contributed by atoms with Crippen molar-refractivity contribution in [3.8, 4) is 0 Å². The van der Waals surface area contributed by atoms with Gasteiger partial charge in [-0.15, -0.1) is 0 Å². The lowest BCUT2D eigenvalue weighted by molar-refractivity contribution is -0.226. The predicted molar refractivity (Wildman–Crippen MR) is 132 cm³/mol. The first kappa shape index (κ1) is 25.9. The van der Waals surface area contributed by atoms with E-state index in [1.807, 2.05) is 26.8 Å². The summed E-state index contributed by atoms with van der Waals surface area (Å²) in [6.07, 6.45) is 5.64. The highest BCUT2D eigenvalue weighted by Gasteiger charge is 2.74. The molecule has 1 aromatic rings. The Labute approximate surface area is 217 Å². The summed E-state index contributed by atoms with van der Waals surface area (Å²) in [6, 6.07) is 1.95. The fourth-order valence-corrected chi connectivity index (χ4v) is 8.42. The van der Waals surface area contributed by atoms with Crippen LogP contribution >= 0.6 is 0 Å². The van der Waals surface area contributed by atoms with Crippen LogP contribution in [0.5, 0.6) is 0 Å². The summed E-state index contributed by atoms with van der Waals surface area (Å²) in [6.45, 7) is 8.94. The molecule has 2 fully saturated rings. The summed E-state index contributed by atoms with van der Waals surface area (Å²) in [4.78, 5) is 39.2. The van der Waals surface area contributed by atoms with E-state index >= 15 is 0 Å². The lowest BCUT2D eigenvalue weighted by atomic mass is 9.41. The molecule has 0 unspecified atom stereocenters. The van der Waals surface area contributed by atoms with Gasteiger partial charge in [-0.2, -0.15) is 0 Å². The number of ether oxygens (including phenoxy) is 3. The summed E-state index contributed by atoms with van der Waals surface area (Å²) < 4.78 is 23.3. The van der Waals surface area contributed by atoms with E-state index in [0.717, 1.165) is 16.7 Å². The van der Waals surface area contributed by atoms with Crippen molar-refractivity contribution >= 4 is 17.7 Å². The number of hydrogen-bond donors (Lipinski definition) is 1. The van der Waals surface area contributed by atoms with Gasteiger partial charge in [0.25, 0.3) is 0 Å². The van der Waals surface area contributed by atoms with Crippen LogP contribution in [0.1, 0.15) is 58.9 Å². The third kappa shape index (κ3) is 3.44. The van der Waals surface area contributed by atoms with Crippen LogP contribution in [-0.4, -0.2) is 54.9 Å². The Balaban J connectivity index is 1.76. The van der Waals surface area contributed by atoms with E-state index in [4.69, 9.17) is 18.6 Å². The summed E-state index contributed by atoms with van der Waals surface area (Å²) in [5.41, 5.74) is 0.423. The molecule has 8 nitrogen and oxygen atoms in total. The van der Waals surface area contributed by atoms with Gasteiger partial charge in [0.1, 0.15) is 12.2 Å². The second-order valence-corrected chi connectivity index (χ2v) is 11.8. The van der Waals surface area contributed by atoms with Gasteiger partial charge in [-0.05, 0) is 42.5 Å². The zero-order valence-corrected chi connectivity index (χ0v) is 22.3. The summed E-state index contributed by atoms with van der Waals surface area (Å²) in [7, 11) is 1.34. The number of fused-ring (bicyclic) bond motifs is 4. The maximum Gasteiger partial charge on any atom is 0.305 e.